The molecule has 9 nitrogen and oxygen atoms in total. The van der Waals surface area contributed by atoms with E-state index >= 15 is 0 Å². The molecule has 0 radical (unpaired) electrons. The average Bonchev–Trinajstić information content (AvgIpc) is 3.43. The van der Waals surface area contributed by atoms with Gasteiger partial charge in [-0.25, -0.2) is 9.67 Å². The van der Waals surface area contributed by atoms with Gasteiger partial charge < -0.3 is 9.64 Å². The predicted octanol–water partition coefficient (Wildman–Crippen LogP) is 5.19. The number of carbonyl (C=O) groups is 1. The van der Waals surface area contributed by atoms with E-state index in [9.17, 15) is 4.79 Å². The van der Waals surface area contributed by atoms with E-state index in [2.05, 4.69) is 47.5 Å². The van der Waals surface area contributed by atoms with Gasteiger partial charge in [0.2, 0.25) is 5.88 Å². The van der Waals surface area contributed by atoms with Crippen LogP contribution in [-0.4, -0.2) is 49.1 Å². The van der Waals surface area contributed by atoms with Crippen molar-refractivity contribution in [1.82, 2.24) is 29.3 Å². The number of nitrogens with zero attached hydrogens (tertiary/aromatic N) is 6. The number of amides is 1. The number of hydrogen-bond donors (Lipinski definition) is 1. The van der Waals surface area contributed by atoms with Crippen LogP contribution < -0.4 is 14.4 Å². The predicted molar refractivity (Wildman–Crippen MR) is 150 cm³/mol. The molecular weight excluding hydrogens is 498 g/mol. The molecule has 38 heavy (non-hydrogen) atoms. The Kier molecular flexibility index (Phi) is 7.44. The normalized spacial score (nSPS) is 19.5. The Morgan fingerprint density at radius 1 is 1.26 bits per heavy atom. The van der Waals surface area contributed by atoms with Crippen molar-refractivity contribution >= 4 is 23.7 Å². The fraction of sp³-hybridized carbons (Fsp3) is 0.571. The Bertz CT molecular complexity index is 1300. The summed E-state index contributed by atoms with van der Waals surface area (Å²) in [4.78, 5) is 21.6. The van der Waals surface area contributed by atoms with E-state index in [1.807, 2.05) is 44.6 Å². The van der Waals surface area contributed by atoms with Gasteiger partial charge in [-0.1, -0.05) is 13.8 Å². The molecule has 2 fully saturated rings. The Balaban J connectivity index is 1.36. The molecule has 1 saturated carbocycles. The zero-order valence-electron chi connectivity index (χ0n) is 23.3. The molecule has 1 aliphatic heterocycles. The van der Waals surface area contributed by atoms with Crippen LogP contribution in [0.4, 0.5) is 5.82 Å². The summed E-state index contributed by atoms with van der Waals surface area (Å²) in [6.45, 7) is 12.4. The van der Waals surface area contributed by atoms with Crippen molar-refractivity contribution in [3.63, 3.8) is 0 Å². The fourth-order valence-electron chi connectivity index (χ4n) is 5.50. The van der Waals surface area contributed by atoms with Gasteiger partial charge in [0, 0.05) is 37.6 Å². The Labute approximate surface area is 229 Å². The minimum atomic E-state index is -0.183. The molecule has 204 valence electrons. The van der Waals surface area contributed by atoms with Gasteiger partial charge in [-0.3, -0.25) is 14.2 Å². The number of anilines is 1. The minimum Gasteiger partial charge on any atom is -0.477 e. The third-order valence-corrected chi connectivity index (χ3v) is 8.61. The third kappa shape index (κ3) is 5.85. The van der Waals surface area contributed by atoms with E-state index in [4.69, 9.17) is 9.72 Å². The number of aryl methyl sites for hydroxylation is 2. The van der Waals surface area contributed by atoms with Crippen LogP contribution in [0.25, 0.3) is 5.82 Å². The Morgan fingerprint density at radius 3 is 2.71 bits per heavy atom. The van der Waals surface area contributed by atoms with Crippen molar-refractivity contribution in [2.45, 2.75) is 70.7 Å². The molecule has 2 unspecified atom stereocenters. The molecule has 5 rings (SSSR count). The maximum Gasteiger partial charge on any atom is 0.265 e. The molecule has 0 spiro atoms. The average molecular weight is 538 g/mol. The monoisotopic (exact) mass is 537 g/mol. The summed E-state index contributed by atoms with van der Waals surface area (Å²) in [5.41, 5.74) is 1.30. The van der Waals surface area contributed by atoms with Crippen LogP contribution in [0.15, 0.2) is 35.5 Å². The lowest BCUT2D eigenvalue weighted by atomic mass is 9.97. The van der Waals surface area contributed by atoms with Crippen LogP contribution in [0.2, 0.25) is 0 Å². The van der Waals surface area contributed by atoms with Crippen LogP contribution >= 0.6 is 11.9 Å². The zero-order chi connectivity index (χ0) is 27.0. The van der Waals surface area contributed by atoms with Crippen molar-refractivity contribution in [2.24, 2.45) is 24.8 Å². The largest absolute Gasteiger partial charge is 0.477 e. The van der Waals surface area contributed by atoms with Crippen LogP contribution in [0.5, 0.6) is 5.88 Å². The fourth-order valence-corrected chi connectivity index (χ4v) is 6.21. The van der Waals surface area contributed by atoms with E-state index in [1.165, 1.54) is 24.8 Å². The highest BCUT2D eigenvalue weighted by atomic mass is 32.2. The first-order valence-electron chi connectivity index (χ1n) is 13.6. The summed E-state index contributed by atoms with van der Waals surface area (Å²) < 4.78 is 12.4. The second-order valence-electron chi connectivity index (χ2n) is 11.6. The van der Waals surface area contributed by atoms with Gasteiger partial charge in [0.25, 0.3) is 5.91 Å². The van der Waals surface area contributed by atoms with Crippen molar-refractivity contribution in [3.8, 4) is 11.7 Å². The zero-order valence-corrected chi connectivity index (χ0v) is 24.1. The quantitative estimate of drug-likeness (QED) is 0.356. The lowest BCUT2D eigenvalue weighted by molar-refractivity contribution is 0.0984. The highest BCUT2D eigenvalue weighted by molar-refractivity contribution is 7.98. The maximum atomic E-state index is 13.4. The van der Waals surface area contributed by atoms with Gasteiger partial charge in [-0.05, 0) is 88.3 Å². The number of aromatic nitrogens is 5. The van der Waals surface area contributed by atoms with Crippen molar-refractivity contribution in [1.29, 1.82) is 0 Å². The molecule has 3 aromatic rings. The minimum absolute atomic E-state index is 0.121. The summed E-state index contributed by atoms with van der Waals surface area (Å²) in [6, 6.07) is 5.57. The molecule has 3 aromatic heterocycles. The van der Waals surface area contributed by atoms with Gasteiger partial charge >= 0.3 is 0 Å². The number of nitrogens with one attached hydrogen (secondary N) is 1. The first kappa shape index (κ1) is 26.6. The van der Waals surface area contributed by atoms with Gasteiger partial charge in [0.15, 0.2) is 5.82 Å². The van der Waals surface area contributed by atoms with Gasteiger partial charge in [-0.2, -0.15) is 5.10 Å². The second kappa shape index (κ2) is 10.6. The second-order valence-corrected chi connectivity index (χ2v) is 12.5. The topological polar surface area (TPSA) is 90.1 Å². The number of carbonyl (C=O) groups excluding carboxylic acids is 1. The molecule has 4 heterocycles. The number of ether oxygens (including phenoxy) is 1. The molecule has 1 saturated heterocycles. The van der Waals surface area contributed by atoms with E-state index in [0.29, 0.717) is 41.5 Å². The molecule has 10 heteroatoms. The lowest BCUT2D eigenvalue weighted by Crippen LogP contribution is -2.40. The lowest BCUT2D eigenvalue weighted by Gasteiger charge is -2.34. The van der Waals surface area contributed by atoms with Crippen LogP contribution in [0, 0.1) is 24.7 Å². The van der Waals surface area contributed by atoms with E-state index < -0.39 is 0 Å². The summed E-state index contributed by atoms with van der Waals surface area (Å²) in [5, 5.41) is 8.98. The molecule has 2 atom stereocenters. The SMILES string of the molecule is Cc1nn(C)cc1SNC(=O)c1ccc(-n2ccc(OCCC(C)C3CC3)n2)nc1N1CC(C)CC1(C)C. The van der Waals surface area contributed by atoms with E-state index in [0.717, 1.165) is 35.9 Å². The van der Waals surface area contributed by atoms with Crippen molar-refractivity contribution < 1.29 is 9.53 Å². The smallest absolute Gasteiger partial charge is 0.265 e. The van der Waals surface area contributed by atoms with E-state index in [1.54, 1.807) is 9.36 Å². The third-order valence-electron chi connectivity index (χ3n) is 7.70. The highest BCUT2D eigenvalue weighted by Crippen LogP contribution is 2.39. The molecule has 1 aliphatic carbocycles. The first-order valence-corrected chi connectivity index (χ1v) is 14.4. The van der Waals surface area contributed by atoms with Gasteiger partial charge in [0.05, 0.1) is 22.8 Å². The Hall–Kier alpha value is -3.01. The standard InChI is InChI=1S/C28H39N7O2S/c1-18-15-28(4,5)34(16-18)26-22(27(36)32-38-23-17-33(6)30-20(23)3)9-10-24(29-26)35-13-11-25(31-35)37-14-12-19(2)21-7-8-21/h9-11,13,17-19,21H,7-8,12,14-16H2,1-6H3,(H,32,36). The van der Waals surface area contributed by atoms with Crippen LogP contribution in [0.3, 0.4) is 0 Å². The van der Waals surface area contributed by atoms with E-state index in [-0.39, 0.29) is 11.4 Å². The van der Waals surface area contributed by atoms with Crippen molar-refractivity contribution in [3.05, 3.63) is 41.9 Å². The van der Waals surface area contributed by atoms with Crippen LogP contribution in [0.1, 0.15) is 69.4 Å². The molecule has 1 N–H and O–H groups in total. The number of pyridine rings is 1. The molecule has 0 bridgehead atoms. The highest BCUT2D eigenvalue weighted by Gasteiger charge is 2.39. The summed E-state index contributed by atoms with van der Waals surface area (Å²) >= 11 is 1.28. The molecule has 1 amide bonds. The first-order chi connectivity index (χ1) is 18.1. The number of rotatable bonds is 10. The van der Waals surface area contributed by atoms with Crippen LogP contribution in [-0.2, 0) is 7.05 Å². The molecule has 2 aliphatic rings. The molecule has 0 aromatic carbocycles. The Morgan fingerprint density at radius 2 is 2.05 bits per heavy atom. The van der Waals surface area contributed by atoms with Crippen molar-refractivity contribution in [2.75, 3.05) is 18.1 Å². The molecular formula is C28H39N7O2S. The maximum absolute atomic E-state index is 13.4. The number of hydrogen-bond acceptors (Lipinski definition) is 7. The van der Waals surface area contributed by atoms with Gasteiger partial charge in [0.1, 0.15) is 5.82 Å². The van der Waals surface area contributed by atoms with Gasteiger partial charge in [-0.15, -0.1) is 5.10 Å². The summed E-state index contributed by atoms with van der Waals surface area (Å²) in [5.74, 6) is 3.82. The summed E-state index contributed by atoms with van der Waals surface area (Å²) in [6.07, 6.45) is 8.55. The summed E-state index contributed by atoms with van der Waals surface area (Å²) in [7, 11) is 1.87.